The maximum Gasteiger partial charge on any atom is 0.341 e. The molecule has 0 bridgehead atoms. The van der Waals surface area contributed by atoms with Crippen molar-refractivity contribution in [2.24, 2.45) is 0 Å². The highest BCUT2D eigenvalue weighted by Crippen LogP contribution is 2.24. The third-order valence-electron chi connectivity index (χ3n) is 1.95. The Morgan fingerprint density at radius 2 is 2.29 bits per heavy atom. The van der Waals surface area contributed by atoms with Crippen LogP contribution < -0.4 is 5.32 Å². The van der Waals surface area contributed by atoms with Crippen LogP contribution in [-0.2, 0) is 9.53 Å². The zero-order valence-electron chi connectivity index (χ0n) is 9.49. The second kappa shape index (κ2) is 7.29. The number of carbonyl (C=O) groups is 2. The fourth-order valence-corrected chi connectivity index (χ4v) is 2.12. The van der Waals surface area contributed by atoms with Crippen molar-refractivity contribution in [3.63, 3.8) is 0 Å². The average molecular weight is 276 g/mol. The molecule has 1 amide bonds. The van der Waals surface area contributed by atoms with E-state index in [1.165, 1.54) is 11.3 Å². The second-order valence-electron chi connectivity index (χ2n) is 3.22. The largest absolute Gasteiger partial charge is 0.462 e. The zero-order chi connectivity index (χ0) is 12.7. The number of carbonyl (C=O) groups excluding carboxylic acids is 2. The van der Waals surface area contributed by atoms with E-state index >= 15 is 0 Å². The number of thiophene rings is 1. The van der Waals surface area contributed by atoms with Gasteiger partial charge in [0.2, 0.25) is 5.91 Å². The summed E-state index contributed by atoms with van der Waals surface area (Å²) in [6, 6.07) is 1.64. The van der Waals surface area contributed by atoms with Gasteiger partial charge in [0.05, 0.1) is 12.2 Å². The monoisotopic (exact) mass is 275 g/mol. The quantitative estimate of drug-likeness (QED) is 0.641. The summed E-state index contributed by atoms with van der Waals surface area (Å²) < 4.78 is 4.88. The van der Waals surface area contributed by atoms with Crippen LogP contribution in [0.25, 0.3) is 0 Å². The van der Waals surface area contributed by atoms with Crippen molar-refractivity contribution in [1.29, 1.82) is 0 Å². The van der Waals surface area contributed by atoms with Gasteiger partial charge >= 0.3 is 5.97 Å². The molecule has 1 aromatic heterocycles. The van der Waals surface area contributed by atoms with Crippen LogP contribution in [0.15, 0.2) is 11.4 Å². The highest BCUT2D eigenvalue weighted by molar-refractivity contribution is 7.14. The molecule has 4 nitrogen and oxygen atoms in total. The zero-order valence-corrected chi connectivity index (χ0v) is 11.1. The molecule has 17 heavy (non-hydrogen) atoms. The van der Waals surface area contributed by atoms with Crippen LogP contribution in [0.1, 0.15) is 30.1 Å². The summed E-state index contributed by atoms with van der Waals surface area (Å²) >= 11 is 6.80. The van der Waals surface area contributed by atoms with Crippen molar-refractivity contribution < 1.29 is 14.3 Å². The van der Waals surface area contributed by atoms with E-state index in [9.17, 15) is 9.59 Å². The highest BCUT2D eigenvalue weighted by Gasteiger charge is 2.15. The summed E-state index contributed by atoms with van der Waals surface area (Å²) in [5.41, 5.74) is 0.399. The summed E-state index contributed by atoms with van der Waals surface area (Å²) in [4.78, 5) is 23.0. The van der Waals surface area contributed by atoms with Crippen LogP contribution >= 0.6 is 22.9 Å². The first-order valence-corrected chi connectivity index (χ1v) is 6.70. The van der Waals surface area contributed by atoms with Crippen molar-refractivity contribution in [3.8, 4) is 0 Å². The predicted octanol–water partition coefficient (Wildman–Crippen LogP) is 2.88. The lowest BCUT2D eigenvalue weighted by Gasteiger charge is -2.05. The predicted molar refractivity (Wildman–Crippen MR) is 68.9 cm³/mol. The first kappa shape index (κ1) is 14.0. The molecule has 0 aliphatic rings. The second-order valence-corrected chi connectivity index (χ2v) is 4.52. The van der Waals surface area contributed by atoms with Gasteiger partial charge in [0.25, 0.3) is 0 Å². The number of hydrogen-bond acceptors (Lipinski definition) is 4. The van der Waals surface area contributed by atoms with E-state index in [1.807, 2.05) is 0 Å². The number of hydrogen-bond donors (Lipinski definition) is 1. The SMILES string of the molecule is CCOC(=O)c1ccsc1NC(=O)CCCCl. The van der Waals surface area contributed by atoms with E-state index in [1.54, 1.807) is 18.4 Å². The van der Waals surface area contributed by atoms with Gasteiger partial charge in [-0.25, -0.2) is 4.79 Å². The molecule has 0 saturated heterocycles. The molecule has 0 unspecified atom stereocenters. The van der Waals surface area contributed by atoms with Crippen molar-refractivity contribution >= 4 is 39.8 Å². The van der Waals surface area contributed by atoms with E-state index in [-0.39, 0.29) is 5.91 Å². The Kier molecular flexibility index (Phi) is 6.00. The van der Waals surface area contributed by atoms with E-state index in [0.717, 1.165) is 0 Å². The third-order valence-corrected chi connectivity index (χ3v) is 3.05. The van der Waals surface area contributed by atoms with E-state index in [2.05, 4.69) is 5.32 Å². The molecule has 0 spiro atoms. The molecule has 1 heterocycles. The number of alkyl halides is 1. The van der Waals surface area contributed by atoms with Crippen LogP contribution in [-0.4, -0.2) is 24.4 Å². The van der Waals surface area contributed by atoms with Gasteiger partial charge in [-0.2, -0.15) is 0 Å². The smallest absolute Gasteiger partial charge is 0.341 e. The molecule has 1 N–H and O–H groups in total. The van der Waals surface area contributed by atoms with Gasteiger partial charge in [-0.05, 0) is 24.8 Å². The van der Waals surface area contributed by atoms with Crippen molar-refractivity contribution in [2.75, 3.05) is 17.8 Å². The summed E-state index contributed by atoms with van der Waals surface area (Å²) in [5, 5.41) is 4.95. The number of amides is 1. The number of esters is 1. The Morgan fingerprint density at radius 1 is 1.53 bits per heavy atom. The van der Waals surface area contributed by atoms with Crippen LogP contribution in [0, 0.1) is 0 Å². The molecule has 1 rings (SSSR count). The van der Waals surface area contributed by atoms with Gasteiger partial charge in [-0.3, -0.25) is 4.79 Å². The Morgan fingerprint density at radius 3 is 2.94 bits per heavy atom. The molecular formula is C11H14ClNO3S. The number of anilines is 1. The maximum absolute atomic E-state index is 11.5. The molecule has 94 valence electrons. The summed E-state index contributed by atoms with van der Waals surface area (Å²) in [6.07, 6.45) is 0.969. The van der Waals surface area contributed by atoms with Gasteiger partial charge in [0.15, 0.2) is 0 Å². The third kappa shape index (κ3) is 4.36. The molecule has 6 heteroatoms. The van der Waals surface area contributed by atoms with Gasteiger partial charge in [0.1, 0.15) is 5.00 Å². The topological polar surface area (TPSA) is 55.4 Å². The number of nitrogens with one attached hydrogen (secondary N) is 1. The summed E-state index contributed by atoms with van der Waals surface area (Å²) in [5.74, 6) is -0.108. The molecule has 0 fully saturated rings. The minimum atomic E-state index is -0.415. The van der Waals surface area contributed by atoms with Crippen LogP contribution in [0.5, 0.6) is 0 Å². The molecule has 0 radical (unpaired) electrons. The Labute approximate surface area is 109 Å². The molecule has 0 saturated carbocycles. The number of ether oxygens (including phenoxy) is 1. The molecular weight excluding hydrogens is 262 g/mol. The van der Waals surface area contributed by atoms with E-state index in [0.29, 0.717) is 35.9 Å². The first-order chi connectivity index (χ1) is 8.19. The molecule has 0 atom stereocenters. The Bertz CT molecular complexity index is 392. The molecule has 1 aromatic rings. The van der Waals surface area contributed by atoms with Crippen molar-refractivity contribution in [2.45, 2.75) is 19.8 Å². The fourth-order valence-electron chi connectivity index (χ4n) is 1.19. The average Bonchev–Trinajstić information content (AvgIpc) is 2.75. The van der Waals surface area contributed by atoms with Gasteiger partial charge < -0.3 is 10.1 Å². The fraction of sp³-hybridized carbons (Fsp3) is 0.455. The Hall–Kier alpha value is -1.07. The summed E-state index contributed by atoms with van der Waals surface area (Å²) in [6.45, 7) is 2.05. The van der Waals surface area contributed by atoms with Crippen molar-refractivity contribution in [1.82, 2.24) is 0 Å². The van der Waals surface area contributed by atoms with Crippen LogP contribution in [0.2, 0.25) is 0 Å². The van der Waals surface area contributed by atoms with Crippen LogP contribution in [0.3, 0.4) is 0 Å². The van der Waals surface area contributed by atoms with Gasteiger partial charge in [-0.15, -0.1) is 22.9 Å². The lowest BCUT2D eigenvalue weighted by molar-refractivity contribution is -0.116. The normalized spacial score (nSPS) is 10.0. The van der Waals surface area contributed by atoms with Gasteiger partial charge in [-0.1, -0.05) is 0 Å². The lowest BCUT2D eigenvalue weighted by Crippen LogP contribution is -2.13. The molecule has 0 aliphatic heterocycles. The van der Waals surface area contributed by atoms with E-state index in [4.69, 9.17) is 16.3 Å². The van der Waals surface area contributed by atoms with Gasteiger partial charge in [0, 0.05) is 12.3 Å². The lowest BCUT2D eigenvalue weighted by atomic mass is 10.3. The highest BCUT2D eigenvalue weighted by atomic mass is 35.5. The number of rotatable bonds is 6. The maximum atomic E-state index is 11.5. The van der Waals surface area contributed by atoms with Crippen molar-refractivity contribution in [3.05, 3.63) is 17.0 Å². The summed E-state index contributed by atoms with van der Waals surface area (Å²) in [7, 11) is 0. The minimum absolute atomic E-state index is 0.140. The van der Waals surface area contributed by atoms with Crippen LogP contribution in [0.4, 0.5) is 5.00 Å². The first-order valence-electron chi connectivity index (χ1n) is 5.29. The van der Waals surface area contributed by atoms with E-state index < -0.39 is 5.97 Å². The molecule has 0 aliphatic carbocycles. The Balaban J connectivity index is 2.62. The molecule has 0 aromatic carbocycles. The number of halogens is 1. The minimum Gasteiger partial charge on any atom is -0.462 e. The standard InChI is InChI=1S/C11H14ClNO3S/c1-2-16-11(15)8-5-7-17-10(8)13-9(14)4-3-6-12/h5,7H,2-4,6H2,1H3,(H,13,14).